The van der Waals surface area contributed by atoms with E-state index in [1.807, 2.05) is 44.2 Å². The number of benzene rings is 1. The van der Waals surface area contributed by atoms with Gasteiger partial charge in [-0.05, 0) is 24.8 Å². The van der Waals surface area contributed by atoms with E-state index in [4.69, 9.17) is 10.5 Å². The number of carbonyl (C=O) groups excluding carboxylic acids is 4. The third kappa shape index (κ3) is 8.54. The van der Waals surface area contributed by atoms with Gasteiger partial charge in [0.2, 0.25) is 17.7 Å². The molecule has 0 fully saturated rings. The molecule has 1 aliphatic heterocycles. The van der Waals surface area contributed by atoms with Crippen molar-refractivity contribution in [2.24, 2.45) is 11.7 Å². The Bertz CT molecular complexity index is 875. The molecule has 0 radical (unpaired) electrons. The number of esters is 1. The number of nitrogens with one attached hydrogen (secondary N) is 3. The number of hydrogen-bond donors (Lipinski definition) is 4. The van der Waals surface area contributed by atoms with E-state index in [1.54, 1.807) is 6.92 Å². The van der Waals surface area contributed by atoms with Crippen molar-refractivity contribution in [1.29, 1.82) is 0 Å². The smallest absolute Gasteiger partial charge is 0.355 e. The summed E-state index contributed by atoms with van der Waals surface area (Å²) < 4.78 is 5.01. The minimum absolute atomic E-state index is 0.0671. The lowest BCUT2D eigenvalue weighted by molar-refractivity contribution is -0.140. The number of rotatable bonds is 6. The number of ether oxygens (including phenoxy) is 1. The van der Waals surface area contributed by atoms with Crippen LogP contribution in [0.1, 0.15) is 32.8 Å². The zero-order valence-electron chi connectivity index (χ0n) is 19.1. The van der Waals surface area contributed by atoms with Gasteiger partial charge >= 0.3 is 5.97 Å². The Morgan fingerprint density at radius 2 is 1.76 bits per heavy atom. The third-order valence-corrected chi connectivity index (χ3v) is 5.78. The van der Waals surface area contributed by atoms with E-state index in [1.165, 1.54) is 5.41 Å². The molecule has 1 aromatic carbocycles. The fourth-order valence-electron chi connectivity index (χ4n) is 3.18. The highest BCUT2D eigenvalue weighted by Gasteiger charge is 2.30. The van der Waals surface area contributed by atoms with Crippen molar-refractivity contribution in [3.63, 3.8) is 0 Å². The predicted octanol–water partition coefficient (Wildman–Crippen LogP) is 0.840. The summed E-state index contributed by atoms with van der Waals surface area (Å²) in [6, 6.07) is 6.49. The average molecular weight is 477 g/mol. The molecular weight excluding hydrogens is 444 g/mol. The summed E-state index contributed by atoms with van der Waals surface area (Å²) in [6.07, 6.45) is 0.576. The number of thioether (sulfide) groups is 1. The fraction of sp³-hybridized carbons (Fsp3) is 0.478. The number of amides is 3. The van der Waals surface area contributed by atoms with Crippen molar-refractivity contribution in [2.75, 3.05) is 12.4 Å². The molecule has 2 rings (SSSR count). The maximum Gasteiger partial charge on any atom is 0.355 e. The van der Waals surface area contributed by atoms with E-state index >= 15 is 0 Å². The van der Waals surface area contributed by atoms with Crippen LogP contribution in [-0.2, 0) is 30.3 Å². The standard InChI is InChI=1S/C23H32N4O5S/c1-4-32-23(31)19-13-33-12-16(24)20(28)25-18(11-15-8-6-5-7-9-15)22(30)26-17(10-14(2)3)21(29)27-19/h5-9,13-14,16-18H,4,10-12,24H2,1-3H3,(H,25,28)(H,26,30)(H,27,29)/b19-13-/t16-,17-,18-/m0/s1. The van der Waals surface area contributed by atoms with Crippen molar-refractivity contribution >= 4 is 35.5 Å². The normalized spacial score (nSPS) is 24.2. The largest absolute Gasteiger partial charge is 0.461 e. The first-order valence-electron chi connectivity index (χ1n) is 10.9. The second kappa shape index (κ2) is 13.0. The van der Waals surface area contributed by atoms with Crippen molar-refractivity contribution in [3.05, 3.63) is 47.0 Å². The summed E-state index contributed by atoms with van der Waals surface area (Å²) in [5.74, 6) is -2.03. The first-order chi connectivity index (χ1) is 15.7. The van der Waals surface area contributed by atoms with E-state index in [-0.39, 0.29) is 30.4 Å². The molecule has 0 aromatic heterocycles. The van der Waals surface area contributed by atoms with E-state index in [2.05, 4.69) is 16.0 Å². The minimum Gasteiger partial charge on any atom is -0.461 e. The van der Waals surface area contributed by atoms with Crippen LogP contribution in [0.2, 0.25) is 0 Å². The van der Waals surface area contributed by atoms with Gasteiger partial charge in [0, 0.05) is 17.6 Å². The van der Waals surface area contributed by atoms with Crippen LogP contribution in [0.3, 0.4) is 0 Å². The molecule has 0 saturated carbocycles. The van der Waals surface area contributed by atoms with Crippen molar-refractivity contribution in [2.45, 2.75) is 51.7 Å². The molecule has 1 heterocycles. The van der Waals surface area contributed by atoms with Crippen LogP contribution in [0.4, 0.5) is 0 Å². The van der Waals surface area contributed by atoms with E-state index < -0.39 is 41.8 Å². The lowest BCUT2D eigenvalue weighted by atomic mass is 10.0. The van der Waals surface area contributed by atoms with Gasteiger partial charge in [0.15, 0.2) is 0 Å². The first-order valence-corrected chi connectivity index (χ1v) is 12.0. The van der Waals surface area contributed by atoms with Crippen LogP contribution in [-0.4, -0.2) is 54.2 Å². The van der Waals surface area contributed by atoms with Gasteiger partial charge in [-0.15, -0.1) is 11.8 Å². The summed E-state index contributed by atoms with van der Waals surface area (Å²) in [6.45, 7) is 5.62. The molecule has 9 nitrogen and oxygen atoms in total. The second-order valence-electron chi connectivity index (χ2n) is 8.12. The molecule has 0 bridgehead atoms. The minimum atomic E-state index is -0.927. The molecule has 1 aromatic rings. The molecule has 3 amide bonds. The molecule has 3 atom stereocenters. The Morgan fingerprint density at radius 1 is 1.09 bits per heavy atom. The molecule has 5 N–H and O–H groups in total. The molecular formula is C23H32N4O5S. The Labute approximate surface area is 198 Å². The number of carbonyl (C=O) groups is 4. The summed E-state index contributed by atoms with van der Waals surface area (Å²) in [4.78, 5) is 51.2. The fourth-order valence-corrected chi connectivity index (χ4v) is 3.96. The van der Waals surface area contributed by atoms with Gasteiger partial charge in [-0.3, -0.25) is 14.4 Å². The lowest BCUT2D eigenvalue weighted by Gasteiger charge is -2.25. The third-order valence-electron chi connectivity index (χ3n) is 4.82. The lowest BCUT2D eigenvalue weighted by Crippen LogP contribution is -2.56. The van der Waals surface area contributed by atoms with Crippen molar-refractivity contribution < 1.29 is 23.9 Å². The summed E-state index contributed by atoms with van der Waals surface area (Å²) in [7, 11) is 0. The average Bonchev–Trinajstić information content (AvgIpc) is 2.77. The maximum absolute atomic E-state index is 13.2. The zero-order chi connectivity index (χ0) is 24.4. The molecule has 0 spiro atoms. The van der Waals surface area contributed by atoms with E-state index in [9.17, 15) is 19.2 Å². The molecule has 0 aliphatic carbocycles. The maximum atomic E-state index is 13.2. The highest BCUT2D eigenvalue weighted by atomic mass is 32.2. The van der Waals surface area contributed by atoms with Gasteiger partial charge in [0.25, 0.3) is 0 Å². The Kier molecular flexibility index (Phi) is 10.4. The number of nitrogens with two attached hydrogens (primary N) is 1. The van der Waals surface area contributed by atoms with Crippen LogP contribution < -0.4 is 21.7 Å². The predicted molar refractivity (Wildman–Crippen MR) is 127 cm³/mol. The molecule has 10 heteroatoms. The summed E-state index contributed by atoms with van der Waals surface area (Å²) in [5.41, 5.74) is 6.78. The van der Waals surface area contributed by atoms with Gasteiger partial charge in [-0.2, -0.15) is 0 Å². The summed E-state index contributed by atoms with van der Waals surface area (Å²) >= 11 is 1.10. The topological polar surface area (TPSA) is 140 Å². The van der Waals surface area contributed by atoms with Crippen molar-refractivity contribution in [1.82, 2.24) is 16.0 Å². The van der Waals surface area contributed by atoms with Gasteiger partial charge < -0.3 is 26.4 Å². The molecule has 1 aliphatic rings. The second-order valence-corrected chi connectivity index (χ2v) is 9.03. The van der Waals surface area contributed by atoms with Crippen LogP contribution in [0.25, 0.3) is 0 Å². The quantitative estimate of drug-likeness (QED) is 0.446. The highest BCUT2D eigenvalue weighted by Crippen LogP contribution is 2.13. The van der Waals surface area contributed by atoms with E-state index in [0.29, 0.717) is 6.42 Å². The zero-order valence-corrected chi connectivity index (χ0v) is 19.9. The van der Waals surface area contributed by atoms with Crippen LogP contribution >= 0.6 is 11.8 Å². The Hall–Kier alpha value is -2.85. The van der Waals surface area contributed by atoms with Gasteiger partial charge in [0.1, 0.15) is 17.8 Å². The highest BCUT2D eigenvalue weighted by molar-refractivity contribution is 8.02. The van der Waals surface area contributed by atoms with Crippen molar-refractivity contribution in [3.8, 4) is 0 Å². The van der Waals surface area contributed by atoms with Crippen LogP contribution in [0, 0.1) is 5.92 Å². The van der Waals surface area contributed by atoms with Gasteiger partial charge in [0.05, 0.1) is 12.6 Å². The first kappa shape index (κ1) is 26.4. The van der Waals surface area contributed by atoms with Gasteiger partial charge in [-0.1, -0.05) is 44.2 Å². The Morgan fingerprint density at radius 3 is 2.39 bits per heavy atom. The Balaban J connectivity index is 2.35. The summed E-state index contributed by atoms with van der Waals surface area (Å²) in [5, 5.41) is 9.44. The van der Waals surface area contributed by atoms with Gasteiger partial charge in [-0.25, -0.2) is 4.79 Å². The molecule has 33 heavy (non-hydrogen) atoms. The van der Waals surface area contributed by atoms with Crippen LogP contribution in [0.5, 0.6) is 0 Å². The molecule has 0 saturated heterocycles. The SMILES string of the molecule is CCOC(=O)/C1=C/SC[C@H](N)C(=O)N[C@@H](Cc2ccccc2)C(=O)N[C@@H](CC(C)C)C(=O)N1. The number of hydrogen-bond acceptors (Lipinski definition) is 7. The van der Waals surface area contributed by atoms with Crippen LogP contribution in [0.15, 0.2) is 41.4 Å². The van der Waals surface area contributed by atoms with E-state index in [0.717, 1.165) is 17.3 Å². The molecule has 180 valence electrons. The molecule has 0 unspecified atom stereocenters. The monoisotopic (exact) mass is 476 g/mol.